The summed E-state index contributed by atoms with van der Waals surface area (Å²) in [5.74, 6) is 1.88. The number of anilines is 1. The standard InChI is InChI=1S/C14H22N4/c1-2-7-18(6-1)14-9-13(16-11-17-14)8-12-4-3-5-15-10-12/h9,11-12,15H,1-8,10H2. The lowest BCUT2D eigenvalue weighted by Crippen LogP contribution is -2.31. The molecule has 0 spiro atoms. The summed E-state index contributed by atoms with van der Waals surface area (Å²) in [6.07, 6.45) is 8.05. The molecule has 1 unspecified atom stereocenters. The van der Waals surface area contributed by atoms with Crippen molar-refractivity contribution in [2.45, 2.75) is 32.1 Å². The molecule has 0 amide bonds. The van der Waals surface area contributed by atoms with E-state index in [1.807, 2.05) is 0 Å². The summed E-state index contributed by atoms with van der Waals surface area (Å²) in [4.78, 5) is 11.2. The number of aromatic nitrogens is 2. The number of nitrogens with one attached hydrogen (secondary N) is 1. The fraction of sp³-hybridized carbons (Fsp3) is 0.714. The molecule has 1 aromatic heterocycles. The lowest BCUT2D eigenvalue weighted by molar-refractivity contribution is 0.373. The average molecular weight is 246 g/mol. The number of nitrogens with zero attached hydrogens (tertiary/aromatic N) is 3. The Morgan fingerprint density at radius 3 is 2.89 bits per heavy atom. The molecule has 18 heavy (non-hydrogen) atoms. The Balaban J connectivity index is 1.66. The van der Waals surface area contributed by atoms with E-state index >= 15 is 0 Å². The summed E-state index contributed by atoms with van der Waals surface area (Å²) in [6.45, 7) is 4.63. The van der Waals surface area contributed by atoms with Gasteiger partial charge in [0.1, 0.15) is 12.1 Å². The minimum atomic E-state index is 0.750. The Bertz CT molecular complexity index is 381. The average Bonchev–Trinajstić information content (AvgIpc) is 2.94. The highest BCUT2D eigenvalue weighted by molar-refractivity contribution is 5.39. The zero-order chi connectivity index (χ0) is 12.2. The van der Waals surface area contributed by atoms with Crippen molar-refractivity contribution in [3.63, 3.8) is 0 Å². The summed E-state index contributed by atoms with van der Waals surface area (Å²) in [6, 6.07) is 2.19. The van der Waals surface area contributed by atoms with Gasteiger partial charge in [-0.15, -0.1) is 0 Å². The first-order valence-electron chi connectivity index (χ1n) is 7.18. The summed E-state index contributed by atoms with van der Waals surface area (Å²) in [7, 11) is 0. The van der Waals surface area contributed by atoms with Crippen LogP contribution in [0.25, 0.3) is 0 Å². The van der Waals surface area contributed by atoms with Crippen molar-refractivity contribution in [1.29, 1.82) is 0 Å². The first kappa shape index (κ1) is 11.9. The largest absolute Gasteiger partial charge is 0.357 e. The van der Waals surface area contributed by atoms with Gasteiger partial charge in [-0.25, -0.2) is 9.97 Å². The molecular weight excluding hydrogens is 224 g/mol. The molecule has 0 aliphatic carbocycles. The van der Waals surface area contributed by atoms with Crippen LogP contribution in [0.15, 0.2) is 12.4 Å². The Hall–Kier alpha value is -1.16. The third-order valence-electron chi connectivity index (χ3n) is 4.04. The maximum Gasteiger partial charge on any atom is 0.132 e. The molecule has 98 valence electrons. The van der Waals surface area contributed by atoms with Gasteiger partial charge in [-0.05, 0) is 51.1 Å². The monoisotopic (exact) mass is 246 g/mol. The molecule has 2 saturated heterocycles. The quantitative estimate of drug-likeness (QED) is 0.880. The third-order valence-corrected chi connectivity index (χ3v) is 4.04. The number of hydrogen-bond donors (Lipinski definition) is 1. The van der Waals surface area contributed by atoms with Gasteiger partial charge >= 0.3 is 0 Å². The lowest BCUT2D eigenvalue weighted by atomic mass is 9.94. The van der Waals surface area contributed by atoms with Crippen molar-refractivity contribution in [3.8, 4) is 0 Å². The minimum Gasteiger partial charge on any atom is -0.357 e. The molecule has 0 radical (unpaired) electrons. The second kappa shape index (κ2) is 5.65. The smallest absolute Gasteiger partial charge is 0.132 e. The zero-order valence-electron chi connectivity index (χ0n) is 10.9. The van der Waals surface area contributed by atoms with Gasteiger partial charge in [0.05, 0.1) is 0 Å². The molecule has 2 aliphatic rings. The third kappa shape index (κ3) is 2.80. The van der Waals surface area contributed by atoms with E-state index in [-0.39, 0.29) is 0 Å². The molecule has 1 N–H and O–H groups in total. The molecule has 1 aromatic rings. The van der Waals surface area contributed by atoms with Crippen LogP contribution >= 0.6 is 0 Å². The van der Waals surface area contributed by atoms with Crippen molar-refractivity contribution >= 4 is 5.82 Å². The van der Waals surface area contributed by atoms with Crippen LogP contribution in [0.3, 0.4) is 0 Å². The maximum absolute atomic E-state index is 4.44. The van der Waals surface area contributed by atoms with E-state index in [0.717, 1.165) is 37.8 Å². The van der Waals surface area contributed by atoms with Gasteiger partial charge in [0.2, 0.25) is 0 Å². The molecule has 2 aliphatic heterocycles. The maximum atomic E-state index is 4.44. The van der Waals surface area contributed by atoms with E-state index in [1.165, 1.54) is 37.9 Å². The topological polar surface area (TPSA) is 41.1 Å². The summed E-state index contributed by atoms with van der Waals surface area (Å²) in [5.41, 5.74) is 1.21. The van der Waals surface area contributed by atoms with E-state index in [2.05, 4.69) is 26.3 Å². The predicted octanol–water partition coefficient (Wildman–Crippen LogP) is 1.62. The molecule has 0 bridgehead atoms. The van der Waals surface area contributed by atoms with Crippen molar-refractivity contribution in [3.05, 3.63) is 18.1 Å². The SMILES string of the molecule is c1nc(CC2CCCNC2)cc(N2CCCC2)n1. The first-order valence-corrected chi connectivity index (χ1v) is 7.18. The predicted molar refractivity (Wildman–Crippen MR) is 72.8 cm³/mol. The molecular formula is C14H22N4. The summed E-state index contributed by atoms with van der Waals surface area (Å²) in [5, 5.41) is 3.47. The highest BCUT2D eigenvalue weighted by atomic mass is 15.2. The van der Waals surface area contributed by atoms with Crippen molar-refractivity contribution in [2.24, 2.45) is 5.92 Å². The zero-order valence-corrected chi connectivity index (χ0v) is 10.9. The number of hydrogen-bond acceptors (Lipinski definition) is 4. The second-order valence-electron chi connectivity index (χ2n) is 5.48. The van der Waals surface area contributed by atoms with Gasteiger partial charge in [-0.2, -0.15) is 0 Å². The molecule has 3 heterocycles. The lowest BCUT2D eigenvalue weighted by Gasteiger charge is -2.23. The Morgan fingerprint density at radius 2 is 2.11 bits per heavy atom. The van der Waals surface area contributed by atoms with Crippen LogP contribution < -0.4 is 10.2 Å². The van der Waals surface area contributed by atoms with E-state index < -0.39 is 0 Å². The van der Waals surface area contributed by atoms with Gasteiger partial charge in [0.15, 0.2) is 0 Å². The Morgan fingerprint density at radius 1 is 1.22 bits per heavy atom. The fourth-order valence-corrected chi connectivity index (χ4v) is 3.01. The van der Waals surface area contributed by atoms with Crippen molar-refractivity contribution < 1.29 is 0 Å². The molecule has 1 atom stereocenters. The summed E-state index contributed by atoms with van der Waals surface area (Å²) >= 11 is 0. The van der Waals surface area contributed by atoms with Crippen LogP contribution in [0.1, 0.15) is 31.4 Å². The van der Waals surface area contributed by atoms with Crippen molar-refractivity contribution in [2.75, 3.05) is 31.1 Å². The highest BCUT2D eigenvalue weighted by Crippen LogP contribution is 2.20. The molecule has 0 aromatic carbocycles. The van der Waals surface area contributed by atoms with Gasteiger partial charge in [0.25, 0.3) is 0 Å². The van der Waals surface area contributed by atoms with Gasteiger partial charge in [-0.3, -0.25) is 0 Å². The van der Waals surface area contributed by atoms with E-state index in [9.17, 15) is 0 Å². The van der Waals surface area contributed by atoms with Crippen LogP contribution in [0.2, 0.25) is 0 Å². The highest BCUT2D eigenvalue weighted by Gasteiger charge is 2.17. The first-order chi connectivity index (χ1) is 8.92. The summed E-state index contributed by atoms with van der Waals surface area (Å²) < 4.78 is 0. The molecule has 0 saturated carbocycles. The van der Waals surface area contributed by atoms with Crippen LogP contribution in [0.5, 0.6) is 0 Å². The number of rotatable bonds is 3. The van der Waals surface area contributed by atoms with Crippen LogP contribution in [0, 0.1) is 5.92 Å². The Kier molecular flexibility index (Phi) is 3.74. The normalized spacial score (nSPS) is 24.4. The van der Waals surface area contributed by atoms with Gasteiger partial charge < -0.3 is 10.2 Å². The van der Waals surface area contributed by atoms with Crippen LogP contribution in [-0.4, -0.2) is 36.1 Å². The van der Waals surface area contributed by atoms with Gasteiger partial charge in [0, 0.05) is 24.8 Å². The molecule has 4 nitrogen and oxygen atoms in total. The van der Waals surface area contributed by atoms with E-state index in [1.54, 1.807) is 6.33 Å². The van der Waals surface area contributed by atoms with E-state index in [4.69, 9.17) is 0 Å². The van der Waals surface area contributed by atoms with E-state index in [0.29, 0.717) is 0 Å². The fourth-order valence-electron chi connectivity index (χ4n) is 3.01. The van der Waals surface area contributed by atoms with Crippen LogP contribution in [-0.2, 0) is 6.42 Å². The second-order valence-corrected chi connectivity index (χ2v) is 5.48. The number of piperidine rings is 1. The Labute approximate surface area is 109 Å². The van der Waals surface area contributed by atoms with Crippen molar-refractivity contribution in [1.82, 2.24) is 15.3 Å². The van der Waals surface area contributed by atoms with Gasteiger partial charge in [-0.1, -0.05) is 0 Å². The molecule has 2 fully saturated rings. The molecule has 3 rings (SSSR count). The molecule has 4 heteroatoms. The minimum absolute atomic E-state index is 0.750. The van der Waals surface area contributed by atoms with Crippen LogP contribution in [0.4, 0.5) is 5.82 Å².